The average molecular weight is 353 g/mol. The van der Waals surface area contributed by atoms with Crippen LogP contribution >= 0.6 is 0 Å². The highest BCUT2D eigenvalue weighted by atomic mass is 16.2. The predicted octanol–water partition coefficient (Wildman–Crippen LogP) is 3.16. The molecule has 2 rings (SSSR count). The Bertz CT molecular complexity index is 771. The van der Waals surface area contributed by atoms with E-state index in [4.69, 9.17) is 0 Å². The van der Waals surface area contributed by atoms with E-state index in [1.807, 2.05) is 64.1 Å². The highest BCUT2D eigenvalue weighted by molar-refractivity contribution is 5.98. The van der Waals surface area contributed by atoms with Crippen molar-refractivity contribution in [2.24, 2.45) is 5.92 Å². The minimum atomic E-state index is -0.577. The molecule has 138 valence electrons. The van der Waals surface area contributed by atoms with Crippen molar-refractivity contribution in [1.82, 2.24) is 15.6 Å². The van der Waals surface area contributed by atoms with Crippen LogP contribution in [0.15, 0.2) is 42.5 Å². The smallest absolute Gasteiger partial charge is 0.252 e. The van der Waals surface area contributed by atoms with Crippen molar-refractivity contribution in [1.29, 1.82) is 0 Å². The minimum absolute atomic E-state index is 0.191. The summed E-state index contributed by atoms with van der Waals surface area (Å²) >= 11 is 0. The fraction of sp³-hybridized carbons (Fsp3) is 0.381. The Morgan fingerprint density at radius 3 is 2.42 bits per heavy atom. The summed E-state index contributed by atoms with van der Waals surface area (Å²) in [5, 5.41) is 5.77. The summed E-state index contributed by atoms with van der Waals surface area (Å²) < 4.78 is 0. The van der Waals surface area contributed by atoms with Crippen LogP contribution in [0.25, 0.3) is 0 Å². The summed E-state index contributed by atoms with van der Waals surface area (Å²) in [5.74, 6) is -0.137. The second-order valence-corrected chi connectivity index (χ2v) is 6.96. The van der Waals surface area contributed by atoms with Gasteiger partial charge in [0.2, 0.25) is 5.91 Å². The number of pyridine rings is 1. The normalized spacial score (nSPS) is 11.9. The first kappa shape index (κ1) is 19.6. The van der Waals surface area contributed by atoms with Crippen LogP contribution in [0.3, 0.4) is 0 Å². The van der Waals surface area contributed by atoms with Gasteiger partial charge in [-0.05, 0) is 49.9 Å². The van der Waals surface area contributed by atoms with Gasteiger partial charge in [-0.15, -0.1) is 0 Å². The molecule has 26 heavy (non-hydrogen) atoms. The number of hydrogen-bond donors (Lipinski definition) is 2. The SMILES string of the molecule is Cc1cccc(CNC(=O)C(CC(C)C)NC(=O)c2ccccc2C)n1. The number of nitrogens with zero attached hydrogens (tertiary/aromatic N) is 1. The van der Waals surface area contributed by atoms with Gasteiger partial charge in [-0.25, -0.2) is 0 Å². The van der Waals surface area contributed by atoms with Crippen LogP contribution in [0.4, 0.5) is 0 Å². The second kappa shape index (κ2) is 9.13. The highest BCUT2D eigenvalue weighted by Crippen LogP contribution is 2.10. The molecule has 0 radical (unpaired) electrons. The second-order valence-electron chi connectivity index (χ2n) is 6.96. The number of amides is 2. The van der Waals surface area contributed by atoms with E-state index in [9.17, 15) is 9.59 Å². The van der Waals surface area contributed by atoms with Crippen LogP contribution in [0.2, 0.25) is 0 Å². The Balaban J connectivity index is 2.04. The Morgan fingerprint density at radius 1 is 1.04 bits per heavy atom. The lowest BCUT2D eigenvalue weighted by atomic mass is 10.0. The maximum absolute atomic E-state index is 12.6. The van der Waals surface area contributed by atoms with Gasteiger partial charge in [-0.2, -0.15) is 0 Å². The van der Waals surface area contributed by atoms with E-state index in [0.717, 1.165) is 17.0 Å². The Hall–Kier alpha value is -2.69. The molecule has 1 atom stereocenters. The van der Waals surface area contributed by atoms with Gasteiger partial charge in [-0.3, -0.25) is 14.6 Å². The van der Waals surface area contributed by atoms with Crippen molar-refractivity contribution in [2.75, 3.05) is 0 Å². The highest BCUT2D eigenvalue weighted by Gasteiger charge is 2.23. The van der Waals surface area contributed by atoms with Crippen molar-refractivity contribution in [3.05, 3.63) is 65.0 Å². The largest absolute Gasteiger partial charge is 0.349 e. The number of nitrogens with one attached hydrogen (secondary N) is 2. The van der Waals surface area contributed by atoms with E-state index in [0.29, 0.717) is 18.5 Å². The number of aromatic nitrogens is 1. The Morgan fingerprint density at radius 2 is 1.77 bits per heavy atom. The van der Waals surface area contributed by atoms with E-state index in [-0.39, 0.29) is 17.7 Å². The standard InChI is InChI=1S/C21H27N3O2/c1-14(2)12-19(24-20(25)18-11-6-5-8-15(18)3)21(26)22-13-17-10-7-9-16(4)23-17/h5-11,14,19H,12-13H2,1-4H3,(H,22,26)(H,24,25). The third-order valence-electron chi connectivity index (χ3n) is 4.11. The quantitative estimate of drug-likeness (QED) is 0.803. The summed E-state index contributed by atoms with van der Waals surface area (Å²) in [5.41, 5.74) is 3.18. The summed E-state index contributed by atoms with van der Waals surface area (Å²) in [7, 11) is 0. The molecule has 0 bridgehead atoms. The molecule has 5 heteroatoms. The number of aryl methyl sites for hydroxylation is 2. The number of carbonyl (C=O) groups is 2. The van der Waals surface area contributed by atoms with Crippen LogP contribution in [-0.2, 0) is 11.3 Å². The number of carbonyl (C=O) groups excluding carboxylic acids is 2. The average Bonchev–Trinajstić information content (AvgIpc) is 2.59. The zero-order valence-corrected chi connectivity index (χ0v) is 15.9. The monoisotopic (exact) mass is 353 g/mol. The first-order valence-corrected chi connectivity index (χ1v) is 8.93. The summed E-state index contributed by atoms with van der Waals surface area (Å²) in [4.78, 5) is 29.6. The topological polar surface area (TPSA) is 71.1 Å². The molecule has 2 amide bonds. The molecule has 1 aromatic heterocycles. The van der Waals surface area contributed by atoms with Crippen LogP contribution in [0, 0.1) is 19.8 Å². The number of benzene rings is 1. The predicted molar refractivity (Wildman–Crippen MR) is 103 cm³/mol. The maximum Gasteiger partial charge on any atom is 0.252 e. The zero-order chi connectivity index (χ0) is 19.1. The van der Waals surface area contributed by atoms with Gasteiger partial charge in [-0.1, -0.05) is 38.1 Å². The van der Waals surface area contributed by atoms with E-state index >= 15 is 0 Å². The molecule has 0 saturated carbocycles. The van der Waals surface area contributed by atoms with Crippen LogP contribution in [0.5, 0.6) is 0 Å². The molecule has 1 aromatic carbocycles. The summed E-state index contributed by atoms with van der Waals surface area (Å²) in [6, 6.07) is 12.5. The van der Waals surface area contributed by atoms with Crippen LogP contribution in [-0.4, -0.2) is 22.8 Å². The van der Waals surface area contributed by atoms with Crippen molar-refractivity contribution >= 4 is 11.8 Å². The lowest BCUT2D eigenvalue weighted by molar-refractivity contribution is -0.123. The van der Waals surface area contributed by atoms with Crippen molar-refractivity contribution in [2.45, 2.75) is 46.7 Å². The summed E-state index contributed by atoms with van der Waals surface area (Å²) in [6.45, 7) is 8.20. The molecule has 1 unspecified atom stereocenters. The third kappa shape index (κ3) is 5.69. The third-order valence-corrected chi connectivity index (χ3v) is 4.11. The molecular weight excluding hydrogens is 326 g/mol. The molecule has 0 spiro atoms. The van der Waals surface area contributed by atoms with Crippen molar-refractivity contribution in [3.63, 3.8) is 0 Å². The lowest BCUT2D eigenvalue weighted by Crippen LogP contribution is -2.47. The van der Waals surface area contributed by atoms with E-state index < -0.39 is 6.04 Å². The van der Waals surface area contributed by atoms with Gasteiger partial charge >= 0.3 is 0 Å². The molecule has 2 N–H and O–H groups in total. The molecule has 0 aliphatic carbocycles. The van der Waals surface area contributed by atoms with Gasteiger partial charge < -0.3 is 10.6 Å². The molecule has 0 saturated heterocycles. The Kier molecular flexibility index (Phi) is 6.89. The van der Waals surface area contributed by atoms with Crippen molar-refractivity contribution < 1.29 is 9.59 Å². The van der Waals surface area contributed by atoms with Gasteiger partial charge in [0.25, 0.3) is 5.91 Å². The molecule has 0 fully saturated rings. The fourth-order valence-corrected chi connectivity index (χ4v) is 2.77. The molecule has 2 aromatic rings. The van der Waals surface area contributed by atoms with E-state index in [1.54, 1.807) is 6.07 Å². The van der Waals surface area contributed by atoms with Gasteiger partial charge in [0, 0.05) is 11.3 Å². The first-order valence-electron chi connectivity index (χ1n) is 8.93. The molecular formula is C21H27N3O2. The molecule has 0 aliphatic heterocycles. The number of hydrogen-bond acceptors (Lipinski definition) is 3. The summed E-state index contributed by atoms with van der Waals surface area (Å²) in [6.07, 6.45) is 0.574. The van der Waals surface area contributed by atoms with Gasteiger partial charge in [0.1, 0.15) is 6.04 Å². The van der Waals surface area contributed by atoms with Crippen LogP contribution < -0.4 is 10.6 Å². The molecule has 5 nitrogen and oxygen atoms in total. The van der Waals surface area contributed by atoms with Gasteiger partial charge in [0.15, 0.2) is 0 Å². The Labute approximate surface area is 155 Å². The van der Waals surface area contributed by atoms with E-state index in [1.165, 1.54) is 0 Å². The molecule has 0 aliphatic rings. The minimum Gasteiger partial charge on any atom is -0.349 e. The van der Waals surface area contributed by atoms with Crippen molar-refractivity contribution in [3.8, 4) is 0 Å². The fourth-order valence-electron chi connectivity index (χ4n) is 2.77. The first-order chi connectivity index (χ1) is 12.4. The maximum atomic E-state index is 12.6. The zero-order valence-electron chi connectivity index (χ0n) is 15.9. The number of rotatable bonds is 7. The van der Waals surface area contributed by atoms with E-state index in [2.05, 4.69) is 15.6 Å². The lowest BCUT2D eigenvalue weighted by Gasteiger charge is -2.20. The van der Waals surface area contributed by atoms with Crippen LogP contribution in [0.1, 0.15) is 47.6 Å². The molecule has 1 heterocycles. The van der Waals surface area contributed by atoms with Gasteiger partial charge in [0.05, 0.1) is 12.2 Å².